The van der Waals surface area contributed by atoms with Crippen LogP contribution in [0.5, 0.6) is 0 Å². The maximum Gasteiger partial charge on any atom is 0.311 e. The van der Waals surface area contributed by atoms with E-state index in [2.05, 4.69) is 13.5 Å². The van der Waals surface area contributed by atoms with E-state index in [1.54, 1.807) is 11.0 Å². The number of halogens is 1. The molecule has 2 aromatic rings. The predicted molar refractivity (Wildman–Crippen MR) is 165 cm³/mol. The molecule has 8 nitrogen and oxygen atoms in total. The first-order valence-electron chi connectivity index (χ1n) is 14.6. The molecule has 3 rings (SSSR count). The van der Waals surface area contributed by atoms with Crippen LogP contribution >= 0.6 is 0 Å². The number of carboxylic acid groups (broad SMARTS) is 1. The van der Waals surface area contributed by atoms with Gasteiger partial charge in [-0.25, -0.2) is 4.39 Å². The molecule has 1 heterocycles. The highest BCUT2D eigenvalue weighted by molar-refractivity contribution is 6.01. The number of amides is 1. The molecule has 0 spiro atoms. The highest BCUT2D eigenvalue weighted by atomic mass is 19.1. The van der Waals surface area contributed by atoms with E-state index < -0.39 is 24.3 Å². The van der Waals surface area contributed by atoms with Crippen molar-refractivity contribution < 1.29 is 39.5 Å². The summed E-state index contributed by atoms with van der Waals surface area (Å²) in [5.74, 6) is -2.64. The number of β-lactam (4-membered cyclic amide) rings is 1. The number of carbonyl (C=O) groups is 2. The number of unbranched alkanes of at least 4 members (excludes halogenated alkanes) is 1. The Morgan fingerprint density at radius 2 is 1.67 bits per heavy atom. The van der Waals surface area contributed by atoms with Crippen LogP contribution in [0.25, 0.3) is 0 Å². The number of hydrogen-bond donors (Lipinski definition) is 5. The second kappa shape index (κ2) is 18.8. The largest absolute Gasteiger partial charge is 0.481 e. The maximum atomic E-state index is 12.3. The molecule has 0 saturated carbocycles. The smallest absolute Gasteiger partial charge is 0.311 e. The summed E-state index contributed by atoms with van der Waals surface area (Å²) in [4.78, 5) is 25.1. The summed E-state index contributed by atoms with van der Waals surface area (Å²) in [6.07, 6.45) is 8.61. The highest BCUT2D eigenvalue weighted by Crippen LogP contribution is 2.39. The van der Waals surface area contributed by atoms with Crippen LogP contribution < -0.4 is 4.90 Å². The maximum absolute atomic E-state index is 12.3. The Morgan fingerprint density at radius 3 is 2.21 bits per heavy atom. The number of carbonyl (C=O) groups excluding carboxylic acids is 1. The Bertz CT molecular complexity index is 1210. The number of anilines is 1. The third kappa shape index (κ3) is 11.9. The van der Waals surface area contributed by atoms with E-state index >= 15 is 0 Å². The van der Waals surface area contributed by atoms with Gasteiger partial charge in [0.15, 0.2) is 6.29 Å². The summed E-state index contributed by atoms with van der Waals surface area (Å²) in [6, 6.07) is 15.5. The molecule has 234 valence electrons. The van der Waals surface area contributed by atoms with Crippen molar-refractivity contribution in [3.8, 4) is 0 Å². The molecule has 1 aliphatic rings. The van der Waals surface area contributed by atoms with Crippen LogP contribution in [-0.4, -0.2) is 56.4 Å². The summed E-state index contributed by atoms with van der Waals surface area (Å²) in [6.45, 7) is 5.11. The van der Waals surface area contributed by atoms with Gasteiger partial charge in [0.2, 0.25) is 5.91 Å². The number of hydrogen-bond acceptors (Lipinski definition) is 6. The van der Waals surface area contributed by atoms with E-state index in [4.69, 9.17) is 20.4 Å². The zero-order valence-corrected chi connectivity index (χ0v) is 24.7. The van der Waals surface area contributed by atoms with Crippen molar-refractivity contribution in [1.29, 1.82) is 0 Å². The van der Waals surface area contributed by atoms with Gasteiger partial charge in [-0.05, 0) is 79.5 Å². The molecule has 3 atom stereocenters. The van der Waals surface area contributed by atoms with E-state index in [0.29, 0.717) is 32.1 Å². The van der Waals surface area contributed by atoms with Gasteiger partial charge in [0.05, 0.1) is 25.2 Å². The van der Waals surface area contributed by atoms with E-state index in [9.17, 15) is 19.1 Å². The summed E-state index contributed by atoms with van der Waals surface area (Å²) in [5, 5.41) is 45.7. The first-order valence-corrected chi connectivity index (χ1v) is 14.6. The van der Waals surface area contributed by atoms with Crippen LogP contribution in [0.2, 0.25) is 0 Å². The normalized spacial score (nSPS) is 16.4. The van der Waals surface area contributed by atoms with E-state index in [0.717, 1.165) is 35.2 Å². The van der Waals surface area contributed by atoms with Crippen LogP contribution in [0.1, 0.15) is 68.2 Å². The van der Waals surface area contributed by atoms with Crippen molar-refractivity contribution >= 4 is 17.6 Å². The van der Waals surface area contributed by atoms with Gasteiger partial charge in [0, 0.05) is 5.69 Å². The molecular weight excluding hydrogens is 553 g/mol. The van der Waals surface area contributed by atoms with Crippen LogP contribution in [0.3, 0.4) is 0 Å². The molecule has 0 radical (unpaired) electrons. The number of allylic oxidation sites excluding steroid dienone is 5. The number of carboxylic acids is 1. The topological polar surface area (TPSA) is 139 Å². The lowest BCUT2D eigenvalue weighted by Gasteiger charge is -2.41. The molecule has 1 fully saturated rings. The lowest BCUT2D eigenvalue weighted by atomic mass is 9.91. The van der Waals surface area contributed by atoms with Crippen molar-refractivity contribution in [3.05, 3.63) is 102 Å². The Labute approximate surface area is 253 Å². The van der Waals surface area contributed by atoms with Crippen molar-refractivity contribution in [1.82, 2.24) is 0 Å². The Balaban J connectivity index is 0.000000553. The van der Waals surface area contributed by atoms with Crippen molar-refractivity contribution in [3.63, 3.8) is 0 Å². The first kappa shape index (κ1) is 35.6. The zero-order chi connectivity index (χ0) is 31.8. The molecule has 1 aliphatic heterocycles. The average Bonchev–Trinajstić information content (AvgIpc) is 2.99. The monoisotopic (exact) mass is 597 g/mol. The number of aliphatic hydroxyl groups excluding tert-OH is 3. The van der Waals surface area contributed by atoms with Gasteiger partial charge in [0.25, 0.3) is 0 Å². The fourth-order valence-corrected chi connectivity index (χ4v) is 4.58. The fraction of sp³-hybridized carbons (Fsp3) is 0.412. The minimum atomic E-state index is -1.87. The molecular formula is C34H44FNO7. The van der Waals surface area contributed by atoms with Gasteiger partial charge < -0.3 is 30.4 Å². The third-order valence-corrected chi connectivity index (χ3v) is 7.20. The summed E-state index contributed by atoms with van der Waals surface area (Å²) in [7, 11) is 0. The van der Waals surface area contributed by atoms with E-state index in [1.807, 2.05) is 54.6 Å². The van der Waals surface area contributed by atoms with Gasteiger partial charge >= 0.3 is 5.97 Å². The molecule has 2 aromatic carbocycles. The lowest BCUT2D eigenvalue weighted by Crippen LogP contribution is -2.46. The van der Waals surface area contributed by atoms with Crippen molar-refractivity contribution in [2.45, 2.75) is 76.7 Å². The summed E-state index contributed by atoms with van der Waals surface area (Å²) < 4.78 is 12.3. The summed E-state index contributed by atoms with van der Waals surface area (Å²) >= 11 is 0. The quantitative estimate of drug-likeness (QED) is 0.102. The Morgan fingerprint density at radius 1 is 1.05 bits per heavy atom. The van der Waals surface area contributed by atoms with Gasteiger partial charge in [-0.1, -0.05) is 68.5 Å². The Hall–Kier alpha value is -3.63. The van der Waals surface area contributed by atoms with Gasteiger partial charge in [0.1, 0.15) is 11.7 Å². The van der Waals surface area contributed by atoms with E-state index in [1.165, 1.54) is 12.2 Å². The van der Waals surface area contributed by atoms with Crippen LogP contribution in [0, 0.1) is 5.92 Å². The number of aryl methyl sites for hydroxylation is 2. The first-order chi connectivity index (χ1) is 20.6. The van der Waals surface area contributed by atoms with Crippen LogP contribution in [0.4, 0.5) is 10.1 Å². The van der Waals surface area contributed by atoms with Gasteiger partial charge in [-0.3, -0.25) is 9.59 Å². The SMILES string of the molecule is C=C/C(F)=C\C=C\CCC.O=C(O)C(CCCc1ccc(C2CC(=O)N2c2ccc(CCC(O)CO)cc2)cc1)C(O)O. The number of aliphatic carboxylic acids is 1. The highest BCUT2D eigenvalue weighted by Gasteiger charge is 2.38. The number of nitrogens with zero attached hydrogens (tertiary/aromatic N) is 1. The minimum Gasteiger partial charge on any atom is -0.481 e. The number of benzene rings is 2. The average molecular weight is 598 g/mol. The van der Waals surface area contributed by atoms with Gasteiger partial charge in [-0.2, -0.15) is 0 Å². The second-order valence-corrected chi connectivity index (χ2v) is 10.5. The third-order valence-electron chi connectivity index (χ3n) is 7.20. The van der Waals surface area contributed by atoms with Crippen molar-refractivity contribution in [2.75, 3.05) is 11.5 Å². The second-order valence-electron chi connectivity index (χ2n) is 10.5. The minimum absolute atomic E-state index is 0.0467. The molecule has 0 aromatic heterocycles. The molecule has 1 amide bonds. The lowest BCUT2D eigenvalue weighted by molar-refractivity contribution is -0.159. The molecule has 9 heteroatoms. The Kier molecular flexibility index (Phi) is 15.6. The standard InChI is InChI=1S/C25H31NO7.C9H13F/c27-15-20(28)13-8-17-6-11-19(12-7-17)26-22(14-23(26)29)18-9-4-16(5-10-18)2-1-3-21(24(30)31)25(32)33;1-3-5-6-7-8-9(10)4-2/h4-7,9-12,20-22,24,27-28,30-31H,1-3,8,13-15H2,(H,32,33);4,6-8H,2-3,5H2,1H3/b;7-6+,9-8+. The fourth-order valence-electron chi connectivity index (χ4n) is 4.58. The van der Waals surface area contributed by atoms with Crippen LogP contribution in [-0.2, 0) is 22.4 Å². The molecule has 1 saturated heterocycles. The summed E-state index contributed by atoms with van der Waals surface area (Å²) in [5.41, 5.74) is 3.87. The molecule has 0 aliphatic carbocycles. The number of rotatable bonds is 16. The number of aliphatic hydroxyl groups is 4. The van der Waals surface area contributed by atoms with Crippen LogP contribution in [0.15, 0.2) is 85.2 Å². The zero-order valence-electron chi connectivity index (χ0n) is 24.7. The molecule has 0 bridgehead atoms. The predicted octanol–water partition coefficient (Wildman–Crippen LogP) is 5.17. The van der Waals surface area contributed by atoms with Gasteiger partial charge in [-0.15, -0.1) is 0 Å². The van der Waals surface area contributed by atoms with Crippen molar-refractivity contribution in [2.24, 2.45) is 5.92 Å². The molecule has 5 N–H and O–H groups in total. The molecule has 43 heavy (non-hydrogen) atoms. The molecule has 3 unspecified atom stereocenters. The van der Waals surface area contributed by atoms with E-state index in [-0.39, 0.29) is 30.8 Å².